The van der Waals surface area contributed by atoms with Crippen LogP contribution in [0.15, 0.2) is 31.1 Å². The molecule has 0 radical (unpaired) electrons. The predicted molar refractivity (Wildman–Crippen MR) is 91.7 cm³/mol. The molecule has 1 aliphatic heterocycles. The van der Waals surface area contributed by atoms with Gasteiger partial charge in [-0.3, -0.25) is 4.98 Å². The second-order valence-electron chi connectivity index (χ2n) is 7.42. The van der Waals surface area contributed by atoms with Gasteiger partial charge >= 0.3 is 6.09 Å². The topological polar surface area (TPSA) is 42.4 Å². The maximum absolute atomic E-state index is 12.2. The van der Waals surface area contributed by atoms with Crippen LogP contribution in [-0.2, 0) is 4.74 Å². The van der Waals surface area contributed by atoms with Gasteiger partial charge in [-0.15, -0.1) is 0 Å². The van der Waals surface area contributed by atoms with E-state index in [9.17, 15) is 4.79 Å². The first-order chi connectivity index (χ1) is 10.9. The monoisotopic (exact) mass is 312 g/mol. The van der Waals surface area contributed by atoms with Gasteiger partial charge in [-0.2, -0.15) is 0 Å². The molecule has 3 rings (SSSR count). The van der Waals surface area contributed by atoms with E-state index in [0.717, 1.165) is 25.1 Å². The first-order valence-electron chi connectivity index (χ1n) is 8.12. The van der Waals surface area contributed by atoms with Crippen molar-refractivity contribution in [3.8, 4) is 0 Å². The van der Waals surface area contributed by atoms with E-state index in [1.165, 1.54) is 11.1 Å². The highest BCUT2D eigenvalue weighted by atomic mass is 16.6. The van der Waals surface area contributed by atoms with Gasteiger partial charge < -0.3 is 9.64 Å². The van der Waals surface area contributed by atoms with E-state index in [0.29, 0.717) is 11.8 Å². The van der Waals surface area contributed by atoms with Crippen molar-refractivity contribution in [2.75, 3.05) is 13.1 Å². The van der Waals surface area contributed by atoms with Crippen LogP contribution in [0.2, 0.25) is 0 Å². The normalized spacial score (nSPS) is 23.4. The summed E-state index contributed by atoms with van der Waals surface area (Å²) in [6.07, 6.45) is 8.64. The Labute approximate surface area is 137 Å². The maximum Gasteiger partial charge on any atom is 0.410 e. The zero-order valence-corrected chi connectivity index (χ0v) is 14.1. The van der Waals surface area contributed by atoms with Crippen LogP contribution < -0.4 is 0 Å². The standard InChI is InChI=1S/C19H24N2O2/c1-5-13-6-15(10-20-9-13)14-7-16-11-21(12-17(16)8-14)18(22)23-19(2,3)4/h5-7,9-10,16-17H,1,8,11-12H2,2-4H3/t16-,17+/m1/s1. The Morgan fingerprint density at radius 2 is 2.17 bits per heavy atom. The second-order valence-corrected chi connectivity index (χ2v) is 7.42. The fourth-order valence-corrected chi connectivity index (χ4v) is 3.34. The predicted octanol–water partition coefficient (Wildman–Crippen LogP) is 3.99. The first-order valence-corrected chi connectivity index (χ1v) is 8.12. The molecular weight excluding hydrogens is 288 g/mol. The molecule has 2 heterocycles. The highest BCUT2D eigenvalue weighted by Crippen LogP contribution is 2.41. The largest absolute Gasteiger partial charge is 0.444 e. The Hall–Kier alpha value is -2.10. The molecule has 0 aromatic carbocycles. The SMILES string of the molecule is C=Cc1cncc(C2=C[C@@H]3CN(C(=O)OC(C)(C)C)C[C@@H]3C2)c1. The average Bonchev–Trinajstić information content (AvgIpc) is 3.04. The number of fused-ring (bicyclic) bond motifs is 1. The molecule has 122 valence electrons. The molecule has 1 aliphatic carbocycles. The minimum atomic E-state index is -0.438. The summed E-state index contributed by atoms with van der Waals surface area (Å²) in [6, 6.07) is 2.12. The minimum absolute atomic E-state index is 0.197. The minimum Gasteiger partial charge on any atom is -0.444 e. The number of likely N-dealkylation sites (tertiary alicyclic amines) is 1. The van der Waals surface area contributed by atoms with Crippen molar-refractivity contribution in [1.29, 1.82) is 0 Å². The lowest BCUT2D eigenvalue weighted by Gasteiger charge is -2.24. The van der Waals surface area contributed by atoms with E-state index in [1.807, 2.05) is 44.1 Å². The molecule has 1 aromatic rings. The third-order valence-corrected chi connectivity index (χ3v) is 4.41. The molecular formula is C19H24N2O2. The Morgan fingerprint density at radius 1 is 1.39 bits per heavy atom. The van der Waals surface area contributed by atoms with Gasteiger partial charge in [0.15, 0.2) is 0 Å². The Kier molecular flexibility index (Phi) is 4.00. The van der Waals surface area contributed by atoms with Gasteiger partial charge in [0, 0.05) is 25.5 Å². The summed E-state index contributed by atoms with van der Waals surface area (Å²) >= 11 is 0. The molecule has 23 heavy (non-hydrogen) atoms. The summed E-state index contributed by atoms with van der Waals surface area (Å²) in [5.41, 5.74) is 3.10. The Morgan fingerprint density at radius 3 is 2.83 bits per heavy atom. The Bertz CT molecular complexity index is 658. The van der Waals surface area contributed by atoms with E-state index in [2.05, 4.69) is 23.7 Å². The fourth-order valence-electron chi connectivity index (χ4n) is 3.34. The molecule has 2 aliphatic rings. The lowest BCUT2D eigenvalue weighted by molar-refractivity contribution is 0.0285. The maximum atomic E-state index is 12.2. The van der Waals surface area contributed by atoms with Gasteiger partial charge in [0.05, 0.1) is 0 Å². The summed E-state index contributed by atoms with van der Waals surface area (Å²) in [6.45, 7) is 11.0. The van der Waals surface area contributed by atoms with Crippen LogP contribution in [-0.4, -0.2) is 34.7 Å². The number of amides is 1. The van der Waals surface area contributed by atoms with Crippen molar-refractivity contribution in [2.45, 2.75) is 32.8 Å². The molecule has 4 heteroatoms. The second kappa shape index (κ2) is 5.84. The van der Waals surface area contributed by atoms with E-state index in [1.54, 1.807) is 0 Å². The van der Waals surface area contributed by atoms with Crippen molar-refractivity contribution in [3.05, 3.63) is 42.2 Å². The summed E-state index contributed by atoms with van der Waals surface area (Å²) in [4.78, 5) is 18.3. The number of ether oxygens (including phenoxy) is 1. The van der Waals surface area contributed by atoms with E-state index in [-0.39, 0.29) is 6.09 Å². The molecule has 0 bridgehead atoms. The third-order valence-electron chi connectivity index (χ3n) is 4.41. The van der Waals surface area contributed by atoms with Crippen molar-refractivity contribution in [2.24, 2.45) is 11.8 Å². The zero-order chi connectivity index (χ0) is 16.6. The summed E-state index contributed by atoms with van der Waals surface area (Å²) in [5.74, 6) is 0.912. The Balaban J connectivity index is 1.68. The molecule has 0 spiro atoms. The number of aromatic nitrogens is 1. The van der Waals surface area contributed by atoms with E-state index >= 15 is 0 Å². The van der Waals surface area contributed by atoms with Gasteiger partial charge in [-0.05, 0) is 61.8 Å². The van der Waals surface area contributed by atoms with Gasteiger partial charge in [-0.1, -0.05) is 18.7 Å². The summed E-state index contributed by atoms with van der Waals surface area (Å²) in [5, 5.41) is 0. The third kappa shape index (κ3) is 3.46. The molecule has 0 unspecified atom stereocenters. The van der Waals surface area contributed by atoms with Gasteiger partial charge in [0.2, 0.25) is 0 Å². The van der Waals surface area contributed by atoms with Crippen LogP contribution in [0.5, 0.6) is 0 Å². The molecule has 0 saturated carbocycles. The summed E-state index contributed by atoms with van der Waals surface area (Å²) < 4.78 is 5.47. The first kappa shape index (κ1) is 15.8. The van der Waals surface area contributed by atoms with Crippen LogP contribution in [0.3, 0.4) is 0 Å². The lowest BCUT2D eigenvalue weighted by atomic mass is 9.98. The van der Waals surface area contributed by atoms with E-state index < -0.39 is 5.60 Å². The molecule has 1 amide bonds. The van der Waals surface area contributed by atoms with Crippen molar-refractivity contribution in [3.63, 3.8) is 0 Å². The quantitative estimate of drug-likeness (QED) is 0.829. The smallest absolute Gasteiger partial charge is 0.410 e. The molecule has 4 nitrogen and oxygen atoms in total. The molecule has 0 N–H and O–H groups in total. The van der Waals surface area contributed by atoms with Crippen LogP contribution in [0.4, 0.5) is 4.79 Å². The number of carbonyl (C=O) groups is 1. The van der Waals surface area contributed by atoms with Gasteiger partial charge in [-0.25, -0.2) is 4.79 Å². The van der Waals surface area contributed by atoms with Gasteiger partial charge in [0.1, 0.15) is 5.60 Å². The summed E-state index contributed by atoms with van der Waals surface area (Å²) in [7, 11) is 0. The fraction of sp³-hybridized carbons (Fsp3) is 0.474. The number of rotatable bonds is 2. The van der Waals surface area contributed by atoms with Crippen molar-refractivity contribution < 1.29 is 9.53 Å². The van der Waals surface area contributed by atoms with Gasteiger partial charge in [0.25, 0.3) is 0 Å². The number of allylic oxidation sites excluding steroid dienone is 1. The van der Waals surface area contributed by atoms with Crippen LogP contribution in [0.1, 0.15) is 38.3 Å². The van der Waals surface area contributed by atoms with Crippen LogP contribution >= 0.6 is 0 Å². The number of carbonyl (C=O) groups excluding carboxylic acids is 1. The average molecular weight is 312 g/mol. The van der Waals surface area contributed by atoms with E-state index in [4.69, 9.17) is 4.74 Å². The lowest BCUT2D eigenvalue weighted by Crippen LogP contribution is -2.35. The number of pyridine rings is 1. The molecule has 1 aromatic heterocycles. The molecule has 1 fully saturated rings. The van der Waals surface area contributed by atoms with Crippen LogP contribution in [0.25, 0.3) is 11.6 Å². The molecule has 1 saturated heterocycles. The van der Waals surface area contributed by atoms with Crippen molar-refractivity contribution in [1.82, 2.24) is 9.88 Å². The highest BCUT2D eigenvalue weighted by molar-refractivity contribution is 5.72. The van der Waals surface area contributed by atoms with Crippen LogP contribution in [0, 0.1) is 11.8 Å². The zero-order valence-electron chi connectivity index (χ0n) is 14.1. The number of hydrogen-bond donors (Lipinski definition) is 0. The molecule has 2 atom stereocenters. The number of hydrogen-bond acceptors (Lipinski definition) is 3. The highest BCUT2D eigenvalue weighted by Gasteiger charge is 2.39. The van der Waals surface area contributed by atoms with Crippen molar-refractivity contribution >= 4 is 17.7 Å². The number of nitrogens with zero attached hydrogens (tertiary/aromatic N) is 2.